The van der Waals surface area contributed by atoms with Crippen LogP contribution < -0.4 is 4.74 Å². The van der Waals surface area contributed by atoms with E-state index in [1.54, 1.807) is 18.9 Å². The Hall–Kier alpha value is -1.16. The molecule has 0 radical (unpaired) electrons. The molecule has 0 saturated heterocycles. The lowest BCUT2D eigenvalue weighted by Gasteiger charge is -2.13. The van der Waals surface area contributed by atoms with Gasteiger partial charge in [0.1, 0.15) is 5.75 Å². The lowest BCUT2D eigenvalue weighted by atomic mass is 10.1. The second-order valence-corrected chi connectivity index (χ2v) is 5.97. The normalized spacial score (nSPS) is 12.2. The smallest absolute Gasteiger partial charge is 0.122 e. The second kappa shape index (κ2) is 7.58. The van der Waals surface area contributed by atoms with Crippen molar-refractivity contribution in [2.45, 2.75) is 17.4 Å². The zero-order valence-electron chi connectivity index (χ0n) is 11.3. The quantitative estimate of drug-likeness (QED) is 0.817. The zero-order chi connectivity index (χ0) is 14.4. The molecule has 2 rings (SSSR count). The van der Waals surface area contributed by atoms with E-state index in [2.05, 4.69) is 0 Å². The number of para-hydroxylation sites is 1. The molecule has 0 aromatic heterocycles. The van der Waals surface area contributed by atoms with Crippen molar-refractivity contribution >= 4 is 23.4 Å². The summed E-state index contributed by atoms with van der Waals surface area (Å²) in [5, 5.41) is 10.9. The van der Waals surface area contributed by atoms with Gasteiger partial charge in [0.2, 0.25) is 0 Å². The maximum Gasteiger partial charge on any atom is 0.122 e. The molecule has 20 heavy (non-hydrogen) atoms. The highest BCUT2D eigenvalue weighted by Gasteiger charge is 2.10. The van der Waals surface area contributed by atoms with Crippen LogP contribution in [0, 0.1) is 0 Å². The first-order valence-corrected chi connectivity index (χ1v) is 7.73. The van der Waals surface area contributed by atoms with Crippen LogP contribution in [0.2, 0.25) is 5.02 Å². The molecule has 0 spiro atoms. The Morgan fingerprint density at radius 3 is 2.75 bits per heavy atom. The molecule has 1 unspecified atom stereocenters. The number of aliphatic hydroxyl groups excluding tert-OH is 1. The van der Waals surface area contributed by atoms with E-state index in [4.69, 9.17) is 16.3 Å². The predicted octanol–water partition coefficient (Wildman–Crippen LogP) is 4.04. The second-order valence-electron chi connectivity index (χ2n) is 4.44. The van der Waals surface area contributed by atoms with Crippen molar-refractivity contribution in [3.05, 3.63) is 59.1 Å². The van der Waals surface area contributed by atoms with Crippen LogP contribution >= 0.6 is 23.4 Å². The Morgan fingerprint density at radius 2 is 2.00 bits per heavy atom. The maximum absolute atomic E-state index is 10.1. The number of ether oxygens (including phenoxy) is 1. The van der Waals surface area contributed by atoms with E-state index < -0.39 is 6.10 Å². The molecule has 1 N–H and O–H groups in total. The van der Waals surface area contributed by atoms with Gasteiger partial charge in [0.25, 0.3) is 0 Å². The molecule has 0 fully saturated rings. The summed E-state index contributed by atoms with van der Waals surface area (Å²) in [5.74, 6) is 1.44. The van der Waals surface area contributed by atoms with Gasteiger partial charge in [-0.3, -0.25) is 0 Å². The van der Waals surface area contributed by atoms with E-state index in [0.29, 0.717) is 17.2 Å². The van der Waals surface area contributed by atoms with E-state index in [1.165, 1.54) is 0 Å². The van der Waals surface area contributed by atoms with Gasteiger partial charge in [-0.2, -0.15) is 0 Å². The molecule has 0 aliphatic heterocycles. The Bertz CT molecular complexity index is 560. The zero-order valence-corrected chi connectivity index (χ0v) is 12.8. The summed E-state index contributed by atoms with van der Waals surface area (Å²) in [7, 11) is 1.64. The number of rotatable bonds is 6. The summed E-state index contributed by atoms with van der Waals surface area (Å²) < 4.78 is 5.29. The van der Waals surface area contributed by atoms with Gasteiger partial charge in [-0.1, -0.05) is 35.9 Å². The van der Waals surface area contributed by atoms with Gasteiger partial charge in [0.05, 0.1) is 13.2 Å². The van der Waals surface area contributed by atoms with Crippen molar-refractivity contribution in [2.75, 3.05) is 12.9 Å². The summed E-state index contributed by atoms with van der Waals surface area (Å²) in [6.07, 6.45) is 0.160. The predicted molar refractivity (Wildman–Crippen MR) is 84.9 cm³/mol. The Morgan fingerprint density at radius 1 is 1.20 bits per heavy atom. The molecular weight excluding hydrogens is 292 g/mol. The first-order chi connectivity index (χ1) is 9.69. The van der Waals surface area contributed by atoms with Crippen LogP contribution in [-0.4, -0.2) is 24.1 Å². The van der Waals surface area contributed by atoms with Crippen LogP contribution in [0.5, 0.6) is 5.75 Å². The van der Waals surface area contributed by atoms with Gasteiger partial charge >= 0.3 is 0 Å². The number of hydrogen-bond acceptors (Lipinski definition) is 3. The van der Waals surface area contributed by atoms with Crippen molar-refractivity contribution in [1.29, 1.82) is 0 Å². The molecule has 2 aromatic carbocycles. The fourth-order valence-electron chi connectivity index (χ4n) is 1.93. The highest BCUT2D eigenvalue weighted by molar-refractivity contribution is 7.99. The molecule has 0 heterocycles. The van der Waals surface area contributed by atoms with Gasteiger partial charge in [-0.15, -0.1) is 11.8 Å². The summed E-state index contributed by atoms with van der Waals surface area (Å²) >= 11 is 7.54. The van der Waals surface area contributed by atoms with Crippen LogP contribution in [0.25, 0.3) is 0 Å². The van der Waals surface area contributed by atoms with Crippen LogP contribution in [0.4, 0.5) is 0 Å². The molecule has 0 saturated carbocycles. The first kappa shape index (κ1) is 15.2. The molecule has 2 nitrogen and oxygen atoms in total. The number of thioether (sulfide) groups is 1. The average molecular weight is 309 g/mol. The SMILES string of the molecule is COc1ccccc1CC(O)CSc1cccc(Cl)c1. The number of benzene rings is 2. The van der Waals surface area contributed by atoms with Gasteiger partial charge < -0.3 is 9.84 Å². The maximum atomic E-state index is 10.1. The van der Waals surface area contributed by atoms with Crippen LogP contribution in [-0.2, 0) is 6.42 Å². The van der Waals surface area contributed by atoms with E-state index >= 15 is 0 Å². The van der Waals surface area contributed by atoms with Gasteiger partial charge in [0.15, 0.2) is 0 Å². The van der Waals surface area contributed by atoms with Crippen molar-refractivity contribution in [1.82, 2.24) is 0 Å². The molecule has 106 valence electrons. The number of methoxy groups -OCH3 is 1. The Labute approximate surface area is 128 Å². The monoisotopic (exact) mass is 308 g/mol. The van der Waals surface area contributed by atoms with Crippen LogP contribution in [0.1, 0.15) is 5.56 Å². The van der Waals surface area contributed by atoms with Crippen molar-refractivity contribution in [2.24, 2.45) is 0 Å². The third kappa shape index (κ3) is 4.44. The molecule has 2 aromatic rings. The number of hydrogen-bond donors (Lipinski definition) is 1. The van der Waals surface area contributed by atoms with Crippen LogP contribution in [0.3, 0.4) is 0 Å². The molecule has 0 aliphatic rings. The fourth-order valence-corrected chi connectivity index (χ4v) is 3.08. The molecule has 0 aliphatic carbocycles. The van der Waals surface area contributed by atoms with E-state index in [9.17, 15) is 5.11 Å². The lowest BCUT2D eigenvalue weighted by molar-refractivity contribution is 0.199. The topological polar surface area (TPSA) is 29.5 Å². The molecule has 0 amide bonds. The third-order valence-corrected chi connectivity index (χ3v) is 4.26. The van der Waals surface area contributed by atoms with Crippen molar-refractivity contribution in [3.63, 3.8) is 0 Å². The molecule has 0 bridgehead atoms. The highest BCUT2D eigenvalue weighted by atomic mass is 35.5. The summed E-state index contributed by atoms with van der Waals surface area (Å²) in [6, 6.07) is 15.4. The Kier molecular flexibility index (Phi) is 5.77. The fraction of sp³-hybridized carbons (Fsp3) is 0.250. The van der Waals surface area contributed by atoms with Gasteiger partial charge in [-0.05, 0) is 29.8 Å². The summed E-state index contributed by atoms with van der Waals surface area (Å²) in [6.45, 7) is 0. The van der Waals surface area contributed by atoms with Crippen molar-refractivity contribution < 1.29 is 9.84 Å². The van der Waals surface area contributed by atoms with Crippen molar-refractivity contribution in [3.8, 4) is 5.75 Å². The highest BCUT2D eigenvalue weighted by Crippen LogP contribution is 2.24. The summed E-state index contributed by atoms with van der Waals surface area (Å²) in [5.41, 5.74) is 1.02. The summed E-state index contributed by atoms with van der Waals surface area (Å²) in [4.78, 5) is 1.07. The minimum absolute atomic E-state index is 0.421. The minimum atomic E-state index is -0.421. The largest absolute Gasteiger partial charge is 0.496 e. The number of aliphatic hydroxyl groups is 1. The van der Waals surface area contributed by atoms with Crippen LogP contribution in [0.15, 0.2) is 53.4 Å². The van der Waals surface area contributed by atoms with E-state index in [-0.39, 0.29) is 0 Å². The third-order valence-electron chi connectivity index (χ3n) is 2.89. The average Bonchev–Trinajstić information content (AvgIpc) is 2.46. The molecular formula is C16H17ClO2S. The number of halogens is 1. The molecule has 4 heteroatoms. The van der Waals surface area contributed by atoms with E-state index in [0.717, 1.165) is 16.2 Å². The molecule has 1 atom stereocenters. The van der Waals surface area contributed by atoms with Gasteiger partial charge in [0, 0.05) is 22.1 Å². The lowest BCUT2D eigenvalue weighted by Crippen LogP contribution is -2.14. The van der Waals surface area contributed by atoms with E-state index in [1.807, 2.05) is 48.5 Å². The first-order valence-electron chi connectivity index (χ1n) is 6.37. The van der Waals surface area contributed by atoms with Gasteiger partial charge in [-0.25, -0.2) is 0 Å². The Balaban J connectivity index is 1.91. The minimum Gasteiger partial charge on any atom is -0.496 e. The standard InChI is InChI=1S/C16H17ClO2S/c1-19-16-8-3-2-5-12(16)9-14(18)11-20-15-7-4-6-13(17)10-15/h2-8,10,14,18H,9,11H2,1H3.